The van der Waals surface area contributed by atoms with E-state index in [2.05, 4.69) is 45.1 Å². The van der Waals surface area contributed by atoms with Crippen LogP contribution in [-0.4, -0.2) is 40.4 Å². The van der Waals surface area contributed by atoms with Crippen LogP contribution in [0.5, 0.6) is 0 Å². The number of hydrogen-bond donors (Lipinski definition) is 5. The fourth-order valence-electron chi connectivity index (χ4n) is 3.60. The van der Waals surface area contributed by atoms with Crippen molar-refractivity contribution >= 4 is 23.7 Å². The molecule has 11 heteroatoms. The number of carboxylic acids is 1. The highest BCUT2D eigenvalue weighted by molar-refractivity contribution is 7.85. The third-order valence-corrected chi connectivity index (χ3v) is 7.78. The molecule has 0 saturated carbocycles. The summed E-state index contributed by atoms with van der Waals surface area (Å²) in [5, 5.41) is 11.3. The van der Waals surface area contributed by atoms with Crippen molar-refractivity contribution in [2.24, 2.45) is 0 Å². The molecule has 9 nitrogen and oxygen atoms in total. The second kappa shape index (κ2) is 17.3. The first-order valence-corrected chi connectivity index (χ1v) is 16.8. The Morgan fingerprint density at radius 1 is 0.714 bits per heavy atom. The summed E-state index contributed by atoms with van der Waals surface area (Å²) in [4.78, 5) is 27.7. The molecular formula is C31H44NO8PS. The first-order chi connectivity index (χ1) is 19.4. The molecule has 0 saturated heterocycles. The zero-order valence-corrected chi connectivity index (χ0v) is 26.8. The molecule has 232 valence electrons. The maximum absolute atomic E-state index is 10.7. The number of nitrogens with one attached hydrogen (secondary N) is 1. The molecule has 5 N–H and O–H groups in total. The first-order valence-electron chi connectivity index (χ1n) is 13.6. The lowest BCUT2D eigenvalue weighted by atomic mass is 10.0. The smallest absolute Gasteiger partial charge is 0.329 e. The van der Waals surface area contributed by atoms with Gasteiger partial charge in [0.05, 0.1) is 17.6 Å². The van der Waals surface area contributed by atoms with Crippen LogP contribution in [0.2, 0.25) is 0 Å². The van der Waals surface area contributed by atoms with Gasteiger partial charge < -0.3 is 20.2 Å². The van der Waals surface area contributed by atoms with Gasteiger partial charge in [0.1, 0.15) is 0 Å². The molecule has 0 aliphatic heterocycles. The van der Waals surface area contributed by atoms with Gasteiger partial charge in [-0.25, -0.2) is 0 Å². The summed E-state index contributed by atoms with van der Waals surface area (Å²) in [5.41, 5.74) is 5.33. The molecule has 3 rings (SSSR count). The lowest BCUT2D eigenvalue weighted by molar-refractivity contribution is -0.136. The van der Waals surface area contributed by atoms with Crippen LogP contribution in [0.15, 0.2) is 77.7 Å². The number of aliphatic carboxylic acids is 1. The minimum atomic E-state index is -4.05. The number of carbonyl (C=O) groups is 1. The molecule has 0 heterocycles. The van der Waals surface area contributed by atoms with Crippen LogP contribution in [0.4, 0.5) is 0 Å². The van der Waals surface area contributed by atoms with E-state index in [4.69, 9.17) is 19.4 Å². The van der Waals surface area contributed by atoms with E-state index in [0.717, 1.165) is 11.1 Å². The van der Waals surface area contributed by atoms with Gasteiger partial charge in [0.15, 0.2) is 0 Å². The highest BCUT2D eigenvalue weighted by Gasteiger charge is 2.13. The second-order valence-electron chi connectivity index (χ2n) is 10.8. The molecular weight excluding hydrogens is 577 g/mol. The largest absolute Gasteiger partial charge is 0.480 e. The van der Waals surface area contributed by atoms with Crippen LogP contribution in [0.3, 0.4) is 0 Å². The fourth-order valence-corrected chi connectivity index (χ4v) is 4.77. The van der Waals surface area contributed by atoms with Crippen molar-refractivity contribution in [1.29, 1.82) is 0 Å². The summed E-state index contributed by atoms with van der Waals surface area (Å²) < 4.78 is 40.7. The maximum Gasteiger partial charge on any atom is 0.329 e. The Bertz CT molecular complexity index is 1380. The Kier molecular flexibility index (Phi) is 15.3. The average Bonchev–Trinajstić information content (AvgIpc) is 2.88. The minimum absolute atomic E-state index is 0.00588. The normalized spacial score (nSPS) is 11.5. The van der Waals surface area contributed by atoms with Crippen LogP contribution in [-0.2, 0) is 32.2 Å². The summed E-state index contributed by atoms with van der Waals surface area (Å²) in [5.74, 6) is 0.509. The van der Waals surface area contributed by atoms with Crippen molar-refractivity contribution in [3.8, 4) is 0 Å². The molecule has 0 aliphatic carbocycles. The predicted octanol–water partition coefficient (Wildman–Crippen LogP) is 6.53. The predicted molar refractivity (Wildman–Crippen MR) is 166 cm³/mol. The summed E-state index contributed by atoms with van der Waals surface area (Å²) in [6.45, 7) is 13.1. The second-order valence-corrected chi connectivity index (χ2v) is 13.9. The van der Waals surface area contributed by atoms with Crippen LogP contribution in [0.1, 0.15) is 87.1 Å². The van der Waals surface area contributed by atoms with E-state index in [-0.39, 0.29) is 17.6 Å². The lowest BCUT2D eigenvalue weighted by Crippen LogP contribution is -2.21. The van der Waals surface area contributed by atoms with E-state index in [1.165, 1.54) is 23.3 Å². The highest BCUT2D eigenvalue weighted by atomic mass is 32.2. The summed E-state index contributed by atoms with van der Waals surface area (Å²) in [6, 6.07) is 21.8. The molecule has 0 spiro atoms. The third kappa shape index (κ3) is 15.4. The van der Waals surface area contributed by atoms with Crippen molar-refractivity contribution in [2.75, 3.05) is 6.54 Å². The van der Waals surface area contributed by atoms with Crippen LogP contribution >= 0.6 is 7.60 Å². The van der Waals surface area contributed by atoms with Crippen LogP contribution in [0.25, 0.3) is 0 Å². The van der Waals surface area contributed by atoms with E-state index in [1.54, 1.807) is 24.3 Å². The van der Waals surface area contributed by atoms with Gasteiger partial charge in [-0.2, -0.15) is 8.42 Å². The van der Waals surface area contributed by atoms with Crippen LogP contribution < -0.4 is 5.32 Å². The zero-order chi connectivity index (χ0) is 32.1. The maximum atomic E-state index is 10.7. The van der Waals surface area contributed by atoms with Gasteiger partial charge in [-0.3, -0.25) is 13.9 Å². The number of hydrogen-bond acceptors (Lipinski definition) is 5. The quantitative estimate of drug-likeness (QED) is 0.125. The van der Waals surface area contributed by atoms with Gasteiger partial charge in [0.2, 0.25) is 0 Å². The van der Waals surface area contributed by atoms with E-state index in [0.29, 0.717) is 29.9 Å². The van der Waals surface area contributed by atoms with E-state index >= 15 is 0 Å². The zero-order valence-electron chi connectivity index (χ0n) is 25.1. The standard InChI is InChI=1S/C12H17NO2.C10H15O3P.C9H12O3S/c1-9(2)11-5-3-10(4-6-11)7-13-8-12(14)15;1-8(2)10-5-3-9(4-6-10)7-14(11,12)13;1-7(2)8-3-5-9(6-4-8)13(10,11)12/h3-6,9,13H,7-8H2,1-2H3,(H,14,15);3-6,8H,7H2,1-2H3,(H2,11,12,13);3-7H,1-2H3,(H,10,11,12). The molecule has 0 aliphatic rings. The molecule has 0 bridgehead atoms. The molecule has 0 aromatic heterocycles. The number of rotatable bonds is 10. The highest BCUT2D eigenvalue weighted by Crippen LogP contribution is 2.39. The molecule has 3 aromatic rings. The Morgan fingerprint density at radius 2 is 1.07 bits per heavy atom. The van der Waals surface area contributed by atoms with Crippen molar-refractivity contribution in [3.05, 3.63) is 101 Å². The molecule has 42 heavy (non-hydrogen) atoms. The number of benzene rings is 3. The van der Waals surface area contributed by atoms with Gasteiger partial charge >= 0.3 is 13.6 Å². The van der Waals surface area contributed by atoms with Crippen molar-refractivity contribution in [1.82, 2.24) is 5.32 Å². The average molecular weight is 622 g/mol. The van der Waals surface area contributed by atoms with Gasteiger partial charge in [-0.05, 0) is 57.7 Å². The molecule has 0 atom stereocenters. The summed E-state index contributed by atoms with van der Waals surface area (Å²) >= 11 is 0. The Morgan fingerprint density at radius 3 is 1.38 bits per heavy atom. The van der Waals surface area contributed by atoms with Gasteiger partial charge in [-0.1, -0.05) is 102 Å². The van der Waals surface area contributed by atoms with Gasteiger partial charge in [-0.15, -0.1) is 0 Å². The van der Waals surface area contributed by atoms with Crippen LogP contribution in [0, 0.1) is 0 Å². The lowest BCUT2D eigenvalue weighted by Gasteiger charge is -2.07. The molecule has 0 radical (unpaired) electrons. The Balaban J connectivity index is 0.000000316. The van der Waals surface area contributed by atoms with Crippen molar-refractivity contribution in [2.45, 2.75) is 76.9 Å². The summed E-state index contributed by atoms with van der Waals surface area (Å²) in [7, 11) is -7.97. The Labute approximate surface area is 249 Å². The van der Waals surface area contributed by atoms with E-state index in [1.807, 2.05) is 38.1 Å². The van der Waals surface area contributed by atoms with Gasteiger partial charge in [0, 0.05) is 6.54 Å². The third-order valence-electron chi connectivity index (χ3n) is 6.13. The molecule has 0 fully saturated rings. The molecule has 0 unspecified atom stereocenters. The number of carboxylic acid groups (broad SMARTS) is 1. The molecule has 0 amide bonds. The summed E-state index contributed by atoms with van der Waals surface area (Å²) in [6.07, 6.45) is -0.175. The van der Waals surface area contributed by atoms with Gasteiger partial charge in [0.25, 0.3) is 10.1 Å². The van der Waals surface area contributed by atoms with Crippen molar-refractivity contribution in [3.63, 3.8) is 0 Å². The fraction of sp³-hybridized carbons (Fsp3) is 0.387. The van der Waals surface area contributed by atoms with E-state index < -0.39 is 23.7 Å². The van der Waals surface area contributed by atoms with Crippen molar-refractivity contribution < 1.29 is 37.2 Å². The SMILES string of the molecule is CC(C)c1ccc(CNCC(=O)O)cc1.CC(C)c1ccc(CP(=O)(O)O)cc1.CC(C)c1ccc(S(=O)(=O)O)cc1. The molecule has 3 aromatic carbocycles. The van der Waals surface area contributed by atoms with E-state index in [9.17, 15) is 17.8 Å². The monoisotopic (exact) mass is 621 g/mol. The minimum Gasteiger partial charge on any atom is -0.480 e. The topological polar surface area (TPSA) is 161 Å². The Hall–Kier alpha value is -2.85. The first kappa shape index (κ1) is 37.2.